The second-order valence-electron chi connectivity index (χ2n) is 6.30. The molecule has 0 bridgehead atoms. The number of hydrogen-bond donors (Lipinski definition) is 1. The number of carboxylic acids is 1. The highest BCUT2D eigenvalue weighted by Gasteiger charge is 2.45. The van der Waals surface area contributed by atoms with Crippen LogP contribution >= 0.6 is 11.3 Å². The third-order valence-corrected chi connectivity index (χ3v) is 5.58. The summed E-state index contributed by atoms with van der Waals surface area (Å²) in [5, 5.41) is 11.6. The first kappa shape index (κ1) is 14.6. The van der Waals surface area contributed by atoms with E-state index in [-0.39, 0.29) is 12.3 Å². The Hall–Kier alpha value is -1.36. The van der Waals surface area contributed by atoms with Crippen molar-refractivity contribution in [2.24, 2.45) is 5.41 Å². The number of rotatable bonds is 6. The van der Waals surface area contributed by atoms with E-state index in [0.29, 0.717) is 25.4 Å². The van der Waals surface area contributed by atoms with E-state index in [1.54, 1.807) is 11.3 Å². The molecule has 2 saturated carbocycles. The first-order valence-electron chi connectivity index (χ1n) is 7.66. The number of carboxylic acid groups (broad SMARTS) is 1. The van der Waals surface area contributed by atoms with Crippen molar-refractivity contribution >= 4 is 23.2 Å². The van der Waals surface area contributed by atoms with Crippen molar-refractivity contribution in [1.29, 1.82) is 0 Å². The van der Waals surface area contributed by atoms with Gasteiger partial charge < -0.3 is 10.0 Å². The summed E-state index contributed by atoms with van der Waals surface area (Å²) >= 11 is 1.65. The predicted octanol–water partition coefficient (Wildman–Crippen LogP) is 3.27. The molecule has 3 rings (SSSR count). The zero-order valence-corrected chi connectivity index (χ0v) is 12.9. The van der Waals surface area contributed by atoms with Crippen LogP contribution in [-0.2, 0) is 16.1 Å². The number of amides is 1. The molecule has 114 valence electrons. The minimum Gasteiger partial charge on any atom is -0.481 e. The van der Waals surface area contributed by atoms with Crippen molar-refractivity contribution in [2.45, 2.75) is 57.5 Å². The Kier molecular flexibility index (Phi) is 4.02. The first-order valence-corrected chi connectivity index (χ1v) is 8.54. The highest BCUT2D eigenvalue weighted by molar-refractivity contribution is 7.09. The molecule has 2 aliphatic rings. The Morgan fingerprint density at radius 1 is 1.33 bits per heavy atom. The van der Waals surface area contributed by atoms with Crippen molar-refractivity contribution in [3.05, 3.63) is 22.4 Å². The molecular weight excluding hydrogens is 286 g/mol. The summed E-state index contributed by atoms with van der Waals surface area (Å²) in [5.41, 5.74) is -0.806. The van der Waals surface area contributed by atoms with E-state index in [0.717, 1.165) is 25.7 Å². The lowest BCUT2D eigenvalue weighted by Gasteiger charge is -2.28. The Labute approximate surface area is 128 Å². The lowest BCUT2D eigenvalue weighted by molar-refractivity contribution is -0.153. The quantitative estimate of drug-likeness (QED) is 0.877. The molecule has 0 atom stereocenters. The van der Waals surface area contributed by atoms with Crippen LogP contribution in [-0.4, -0.2) is 27.9 Å². The number of carbonyl (C=O) groups is 2. The van der Waals surface area contributed by atoms with Gasteiger partial charge in [0.15, 0.2) is 0 Å². The molecular formula is C16H21NO3S. The van der Waals surface area contributed by atoms with E-state index < -0.39 is 11.4 Å². The predicted molar refractivity (Wildman–Crippen MR) is 81.0 cm³/mol. The molecule has 0 unspecified atom stereocenters. The van der Waals surface area contributed by atoms with Gasteiger partial charge in [0.25, 0.3) is 0 Å². The van der Waals surface area contributed by atoms with Crippen LogP contribution in [0.15, 0.2) is 17.5 Å². The minimum atomic E-state index is -0.806. The summed E-state index contributed by atoms with van der Waals surface area (Å²) < 4.78 is 0. The number of nitrogens with zero attached hydrogens (tertiary/aromatic N) is 1. The fourth-order valence-electron chi connectivity index (χ4n) is 3.29. The van der Waals surface area contributed by atoms with Gasteiger partial charge in [-0.1, -0.05) is 18.9 Å². The van der Waals surface area contributed by atoms with Crippen LogP contribution in [0.3, 0.4) is 0 Å². The summed E-state index contributed by atoms with van der Waals surface area (Å²) in [4.78, 5) is 27.4. The van der Waals surface area contributed by atoms with Gasteiger partial charge in [0.05, 0.1) is 12.0 Å². The standard InChI is InChI=1S/C16H21NO3S/c18-14(10-16(15(19)20)7-1-2-8-16)17(12-5-6-12)11-13-4-3-9-21-13/h3-4,9,12H,1-2,5-8,10-11H2,(H,19,20). The monoisotopic (exact) mass is 307 g/mol. The zero-order valence-electron chi connectivity index (χ0n) is 12.1. The average Bonchev–Trinajstić information content (AvgIpc) is 2.97. The number of aliphatic carboxylic acids is 1. The van der Waals surface area contributed by atoms with E-state index in [1.807, 2.05) is 22.4 Å². The van der Waals surface area contributed by atoms with Crippen molar-refractivity contribution in [3.63, 3.8) is 0 Å². The Balaban J connectivity index is 1.70. The van der Waals surface area contributed by atoms with Gasteiger partial charge in [-0.05, 0) is 37.1 Å². The number of carbonyl (C=O) groups excluding carboxylic acids is 1. The SMILES string of the molecule is O=C(CC1(C(=O)O)CCCC1)N(Cc1cccs1)C1CC1. The molecule has 0 aliphatic heterocycles. The van der Waals surface area contributed by atoms with Gasteiger partial charge in [0.2, 0.25) is 5.91 Å². The fourth-order valence-corrected chi connectivity index (χ4v) is 3.99. The van der Waals surface area contributed by atoms with Crippen LogP contribution in [0.2, 0.25) is 0 Å². The van der Waals surface area contributed by atoms with Crippen molar-refractivity contribution in [3.8, 4) is 0 Å². The Morgan fingerprint density at radius 3 is 2.57 bits per heavy atom. The third kappa shape index (κ3) is 3.12. The molecule has 21 heavy (non-hydrogen) atoms. The molecule has 1 N–H and O–H groups in total. The molecule has 1 amide bonds. The van der Waals surface area contributed by atoms with Crippen molar-refractivity contribution in [2.75, 3.05) is 0 Å². The zero-order chi connectivity index (χ0) is 14.9. The van der Waals surface area contributed by atoms with Crippen LogP contribution in [0, 0.1) is 5.41 Å². The van der Waals surface area contributed by atoms with Gasteiger partial charge in [-0.2, -0.15) is 0 Å². The molecule has 0 aromatic carbocycles. The van der Waals surface area contributed by atoms with Gasteiger partial charge in [0, 0.05) is 17.3 Å². The lowest BCUT2D eigenvalue weighted by atomic mass is 9.82. The molecule has 4 nitrogen and oxygen atoms in total. The molecule has 2 fully saturated rings. The largest absolute Gasteiger partial charge is 0.481 e. The summed E-state index contributed by atoms with van der Waals surface area (Å²) in [6.07, 6.45) is 5.41. The average molecular weight is 307 g/mol. The maximum Gasteiger partial charge on any atom is 0.310 e. The van der Waals surface area contributed by atoms with E-state index in [1.165, 1.54) is 4.88 Å². The summed E-state index contributed by atoms with van der Waals surface area (Å²) in [7, 11) is 0. The molecule has 0 radical (unpaired) electrons. The first-order chi connectivity index (χ1) is 10.1. The number of thiophene rings is 1. The topological polar surface area (TPSA) is 57.6 Å². The third-order valence-electron chi connectivity index (χ3n) is 4.72. The van der Waals surface area contributed by atoms with Crippen LogP contribution in [0.1, 0.15) is 49.8 Å². The highest BCUT2D eigenvalue weighted by Crippen LogP contribution is 2.42. The van der Waals surface area contributed by atoms with Crippen molar-refractivity contribution < 1.29 is 14.7 Å². The molecule has 2 aliphatic carbocycles. The highest BCUT2D eigenvalue weighted by atomic mass is 32.1. The maximum absolute atomic E-state index is 12.7. The van der Waals surface area contributed by atoms with Crippen LogP contribution in [0.25, 0.3) is 0 Å². The van der Waals surface area contributed by atoms with E-state index in [9.17, 15) is 14.7 Å². The minimum absolute atomic E-state index is 0.0233. The van der Waals surface area contributed by atoms with Gasteiger partial charge in [-0.3, -0.25) is 9.59 Å². The Bertz CT molecular complexity index is 516. The molecule has 5 heteroatoms. The van der Waals surface area contributed by atoms with Gasteiger partial charge >= 0.3 is 5.97 Å². The van der Waals surface area contributed by atoms with Gasteiger partial charge in [-0.15, -0.1) is 11.3 Å². The van der Waals surface area contributed by atoms with Crippen LogP contribution in [0.5, 0.6) is 0 Å². The normalized spacial score (nSPS) is 20.4. The van der Waals surface area contributed by atoms with Gasteiger partial charge in [-0.25, -0.2) is 0 Å². The van der Waals surface area contributed by atoms with Crippen LogP contribution < -0.4 is 0 Å². The molecule has 1 heterocycles. The number of hydrogen-bond acceptors (Lipinski definition) is 3. The summed E-state index contributed by atoms with van der Waals surface area (Å²) in [5.74, 6) is -0.768. The summed E-state index contributed by atoms with van der Waals surface area (Å²) in [6.45, 7) is 0.636. The fraction of sp³-hybridized carbons (Fsp3) is 0.625. The van der Waals surface area contributed by atoms with E-state index in [2.05, 4.69) is 0 Å². The molecule has 0 saturated heterocycles. The van der Waals surface area contributed by atoms with E-state index in [4.69, 9.17) is 0 Å². The second kappa shape index (κ2) is 5.79. The van der Waals surface area contributed by atoms with E-state index >= 15 is 0 Å². The van der Waals surface area contributed by atoms with Crippen LogP contribution in [0.4, 0.5) is 0 Å². The maximum atomic E-state index is 12.7. The summed E-state index contributed by atoms with van der Waals surface area (Å²) in [6, 6.07) is 4.35. The van der Waals surface area contributed by atoms with Gasteiger partial charge in [0.1, 0.15) is 0 Å². The molecule has 0 spiro atoms. The molecule has 1 aromatic heterocycles. The Morgan fingerprint density at radius 2 is 2.05 bits per heavy atom. The second-order valence-corrected chi connectivity index (χ2v) is 7.33. The smallest absolute Gasteiger partial charge is 0.310 e. The lowest BCUT2D eigenvalue weighted by Crippen LogP contribution is -2.39. The molecule has 1 aromatic rings. The van der Waals surface area contributed by atoms with Crippen molar-refractivity contribution in [1.82, 2.24) is 4.90 Å².